The number of hydrogen-bond acceptors (Lipinski definition) is 10. The third-order valence-electron chi connectivity index (χ3n) is 16.2. The molecule has 4 heterocycles. The van der Waals surface area contributed by atoms with Gasteiger partial charge in [-0.25, -0.2) is 0 Å². The number of phenols is 2. The predicted octanol–water partition coefficient (Wildman–Crippen LogP) is 6.67. The molecule has 6 aliphatic rings. The Labute approximate surface area is 452 Å². The van der Waals surface area contributed by atoms with E-state index in [1.807, 2.05) is 6.07 Å². The summed E-state index contributed by atoms with van der Waals surface area (Å²) in [5.74, 6) is 3.05. The number of phenolic OH excluding ortho intramolecular Hbond substituents is 2. The Morgan fingerprint density at radius 2 is 1.15 bits per heavy atom. The molecule has 1 amide bonds. The summed E-state index contributed by atoms with van der Waals surface area (Å²) < 4.78 is 24.0. The van der Waals surface area contributed by atoms with Crippen molar-refractivity contribution in [3.63, 3.8) is 0 Å². The molecular weight excluding hydrogens is 899 g/mol. The van der Waals surface area contributed by atoms with Gasteiger partial charge < -0.3 is 41.2 Å². The maximum absolute atomic E-state index is 13.4. The number of carbonyl (C=O) groups is 1. The molecule has 71 heavy (non-hydrogen) atoms. The summed E-state index contributed by atoms with van der Waals surface area (Å²) in [6, 6.07) is 4.30. The number of nitrogens with zero attached hydrogens (tertiary/aromatic N) is 2. The number of unbranched alkanes of at least 4 members (excludes halogenated alkanes) is 4. The number of benzene rings is 2. The third-order valence-corrected chi connectivity index (χ3v) is 16.2. The zero-order chi connectivity index (χ0) is 49.1. The van der Waals surface area contributed by atoms with E-state index in [-0.39, 0.29) is 78.3 Å². The maximum Gasteiger partial charge on any atom is 1.00 e. The van der Waals surface area contributed by atoms with Gasteiger partial charge in [0.1, 0.15) is 34.2 Å². The zero-order valence-corrected chi connectivity index (χ0v) is 45.0. The summed E-state index contributed by atoms with van der Waals surface area (Å²) in [4.78, 5) is 18.3. The van der Waals surface area contributed by atoms with Gasteiger partial charge in [-0.15, -0.1) is 0 Å². The third kappa shape index (κ3) is 15.1. The number of allylic oxidation sites excluding steroid dienone is 4. The molecule has 2 aromatic rings. The molecule has 2 fully saturated rings. The summed E-state index contributed by atoms with van der Waals surface area (Å²) in [6.07, 6.45) is 19.5. The van der Waals surface area contributed by atoms with E-state index >= 15 is 0 Å². The monoisotopic (exact) mass is 993 g/mol. The molecule has 13 heteroatoms. The minimum Gasteiger partial charge on any atom is -1.00 e. The van der Waals surface area contributed by atoms with Crippen molar-refractivity contribution in [2.75, 3.05) is 78.8 Å². The maximum atomic E-state index is 13.4. The van der Waals surface area contributed by atoms with Gasteiger partial charge in [0, 0.05) is 79.6 Å². The van der Waals surface area contributed by atoms with Gasteiger partial charge in [-0.3, -0.25) is 14.6 Å². The fourth-order valence-electron chi connectivity index (χ4n) is 12.1. The van der Waals surface area contributed by atoms with Crippen molar-refractivity contribution < 1.29 is 54.2 Å². The summed E-state index contributed by atoms with van der Waals surface area (Å²) >= 11 is 0. The first-order valence-electron chi connectivity index (χ1n) is 27.3. The topological polar surface area (TPSA) is 125 Å². The summed E-state index contributed by atoms with van der Waals surface area (Å²) in [7, 11) is 0. The van der Waals surface area contributed by atoms with E-state index in [4.69, 9.17) is 18.9 Å². The van der Waals surface area contributed by atoms with Crippen molar-refractivity contribution in [1.82, 2.24) is 20.4 Å². The number of amides is 1. The van der Waals surface area contributed by atoms with E-state index in [0.29, 0.717) is 30.3 Å². The molecule has 2 saturated heterocycles. The van der Waals surface area contributed by atoms with Gasteiger partial charge in [0.2, 0.25) is 0 Å². The number of morpholine rings is 2. The number of hydrogen-bond donors (Lipinski definition) is 4. The molecule has 8 rings (SSSR count). The zero-order valence-electron chi connectivity index (χ0n) is 46.0. The second-order valence-corrected chi connectivity index (χ2v) is 22.2. The van der Waals surface area contributed by atoms with E-state index in [0.717, 1.165) is 183 Å². The van der Waals surface area contributed by atoms with Crippen LogP contribution in [-0.4, -0.2) is 133 Å². The van der Waals surface area contributed by atoms with Crippen LogP contribution in [0.3, 0.4) is 0 Å². The van der Waals surface area contributed by atoms with E-state index in [2.05, 4.69) is 94.0 Å². The number of fused-ring (bicyclic) bond motifs is 6. The van der Waals surface area contributed by atoms with Crippen LogP contribution in [0.1, 0.15) is 184 Å². The molecule has 0 saturated carbocycles. The Kier molecular flexibility index (Phi) is 23.3. The van der Waals surface area contributed by atoms with E-state index in [9.17, 15) is 15.0 Å². The fraction of sp³-hybridized carbons (Fsp3) is 0.707. The van der Waals surface area contributed by atoms with Crippen LogP contribution in [0.5, 0.6) is 23.0 Å². The van der Waals surface area contributed by atoms with Crippen molar-refractivity contribution in [2.45, 2.75) is 175 Å². The van der Waals surface area contributed by atoms with Crippen molar-refractivity contribution in [2.24, 2.45) is 11.8 Å². The quantitative estimate of drug-likeness (QED) is 0.0690. The summed E-state index contributed by atoms with van der Waals surface area (Å²) in [6.45, 7) is 29.1. The first-order chi connectivity index (χ1) is 33.2. The Morgan fingerprint density at radius 3 is 1.66 bits per heavy atom. The molecule has 2 aromatic carbocycles. The molecule has 0 spiro atoms. The van der Waals surface area contributed by atoms with Crippen LogP contribution in [0.4, 0.5) is 0 Å². The number of carbonyl (C=O) groups excluding carboxylic acids is 1. The Balaban J connectivity index is 0.000000300. The van der Waals surface area contributed by atoms with E-state index in [1.165, 1.54) is 29.6 Å². The van der Waals surface area contributed by atoms with Gasteiger partial charge in [-0.05, 0) is 149 Å². The number of ether oxygens (including phenoxy) is 4. The van der Waals surface area contributed by atoms with Crippen LogP contribution in [0.25, 0.3) is 0 Å². The molecule has 0 radical (unpaired) electrons. The molecule has 2 aliphatic carbocycles. The van der Waals surface area contributed by atoms with Gasteiger partial charge >= 0.3 is 18.9 Å². The van der Waals surface area contributed by atoms with E-state index in [1.54, 1.807) is 0 Å². The second kappa shape index (κ2) is 27.9. The minimum atomic E-state index is -0.314. The average molecular weight is 993 g/mol. The van der Waals surface area contributed by atoms with Crippen LogP contribution >= 0.6 is 0 Å². The Bertz CT molecular complexity index is 2110. The largest absolute Gasteiger partial charge is 1.00 e. The number of aryl methyl sites for hydroxylation is 2. The normalized spacial score (nSPS) is 23.2. The van der Waals surface area contributed by atoms with E-state index < -0.39 is 0 Å². The van der Waals surface area contributed by atoms with Gasteiger partial charge in [-0.1, -0.05) is 62.8 Å². The molecule has 0 bridgehead atoms. The average Bonchev–Trinajstić information content (AvgIpc) is 3.31. The molecule has 392 valence electrons. The van der Waals surface area contributed by atoms with Crippen molar-refractivity contribution >= 4 is 23.3 Å². The molecule has 4 atom stereocenters. The van der Waals surface area contributed by atoms with Crippen LogP contribution in [0, 0.1) is 11.8 Å². The first kappa shape index (κ1) is 59.4. The Morgan fingerprint density at radius 1 is 0.690 bits per heavy atom. The molecule has 4 N–H and O–H groups in total. The molecular formula is C58H94AlLiN4O7. The first-order valence-corrected chi connectivity index (χ1v) is 27.3. The molecule has 11 nitrogen and oxygen atoms in total. The van der Waals surface area contributed by atoms with Crippen molar-refractivity contribution in [3.05, 3.63) is 68.8 Å². The van der Waals surface area contributed by atoms with Crippen LogP contribution in [0.2, 0.25) is 0 Å². The molecule has 0 unspecified atom stereocenters. The van der Waals surface area contributed by atoms with Gasteiger partial charge in [0.05, 0.1) is 32.0 Å². The summed E-state index contributed by atoms with van der Waals surface area (Å²) in [5, 5.41) is 30.0. The van der Waals surface area contributed by atoms with Gasteiger partial charge in [-0.2, -0.15) is 0 Å². The summed E-state index contributed by atoms with van der Waals surface area (Å²) in [5.41, 5.74) is 7.73. The number of aromatic hydroxyl groups is 2. The smallest absolute Gasteiger partial charge is 1.00 e. The van der Waals surface area contributed by atoms with Crippen molar-refractivity contribution in [3.8, 4) is 23.0 Å². The van der Waals surface area contributed by atoms with Crippen LogP contribution < -0.4 is 39.0 Å². The molecule has 4 aliphatic heterocycles. The van der Waals surface area contributed by atoms with Gasteiger partial charge in [0.15, 0.2) is 17.4 Å². The van der Waals surface area contributed by atoms with Crippen LogP contribution in [-0.2, 0) is 28.9 Å². The predicted molar refractivity (Wildman–Crippen MR) is 289 cm³/mol. The number of rotatable bonds is 19. The van der Waals surface area contributed by atoms with Crippen LogP contribution in [0.15, 0.2) is 35.4 Å². The second-order valence-electron chi connectivity index (χ2n) is 22.2. The number of nitrogens with one attached hydrogen (secondary N) is 2. The van der Waals surface area contributed by atoms with Gasteiger partial charge in [0.25, 0.3) is 5.91 Å². The minimum absolute atomic E-state index is 0. The SMILES string of the molecule is CCCCCc1cc2c(c(O)c1C(=O)NCCCN1CCOCC1)[C@@H]1C=C(C)CC[C@H]1C(C)(C)O2.CCCCCc1cc2c(c(O)c1CNCCCN1CCOCC1)[C@@H]1C=C(C)CC[C@H]1C(C)(C)O2.[AlH3].[H-].[Li+]. The fourth-order valence-corrected chi connectivity index (χ4v) is 12.1. The van der Waals surface area contributed by atoms with Crippen molar-refractivity contribution in [1.29, 1.82) is 0 Å². The Hall–Kier alpha value is -2.48. The standard InChI is InChI=1S/C29H44N2O4.C29H46N2O3.Al.Li.4H/c1-5-6-7-9-21-19-24-26(22-18-20(2)10-11-23(22)29(3,4)35-24)27(32)25(21)28(33)30-12-8-13-31-14-16-34-17-15-31;1-5-6-7-9-22-19-26-27(23-18-21(2)10-11-25(23)29(3,4)34-26)28(32)24(22)20-30-12-8-13-31-14-16-33-17-15-31;;;;;;/h18-19,22-23,32H,5-17H2,1-4H3,(H,30,33);18-19,23,25,30,32H,5-17,20H2,1-4H3;;;;;;/q;;;+1;;;;-1/t22-,23-;23-,25-;;;;;;/m11....../s1. The molecule has 0 aromatic heterocycles.